The summed E-state index contributed by atoms with van der Waals surface area (Å²) in [6.45, 7) is 3.20. The van der Waals surface area contributed by atoms with E-state index >= 15 is 0 Å². The molecule has 1 amide bonds. The first-order chi connectivity index (χ1) is 11.5. The zero-order valence-electron chi connectivity index (χ0n) is 14.2. The molecule has 5 nitrogen and oxygen atoms in total. The topological polar surface area (TPSA) is 58.1 Å². The summed E-state index contributed by atoms with van der Waals surface area (Å²) in [7, 11) is 1.85. The number of hydrogen-bond donors (Lipinski definition) is 1. The summed E-state index contributed by atoms with van der Waals surface area (Å²) < 4.78 is 1.91. The number of nitrogens with one attached hydrogen (secondary N) is 1. The number of rotatable bonds is 4. The SMILES string of the molecule is CCn1c(=S)[nH]c2cc(C(=O)N(C)CC3CCCC3)ccc2c1=O. The largest absolute Gasteiger partial charge is 0.341 e. The minimum Gasteiger partial charge on any atom is -0.341 e. The van der Waals surface area contributed by atoms with Gasteiger partial charge in [0.15, 0.2) is 4.77 Å². The predicted molar refractivity (Wildman–Crippen MR) is 98.0 cm³/mol. The summed E-state index contributed by atoms with van der Waals surface area (Å²) in [6.07, 6.45) is 4.95. The molecular formula is C18H23N3O2S. The van der Waals surface area contributed by atoms with Crippen molar-refractivity contribution in [1.82, 2.24) is 14.5 Å². The van der Waals surface area contributed by atoms with Gasteiger partial charge in [-0.25, -0.2) is 0 Å². The Hall–Kier alpha value is -1.95. The fourth-order valence-electron chi connectivity index (χ4n) is 3.56. The van der Waals surface area contributed by atoms with Crippen molar-refractivity contribution in [1.29, 1.82) is 0 Å². The standard InChI is InChI=1S/C18H23N3O2S/c1-3-21-17(23)14-9-8-13(10-15(14)19-18(21)24)16(22)20(2)11-12-6-4-5-7-12/h8-10,12H,3-7,11H2,1-2H3,(H,19,24). The Bertz CT molecular complexity index is 878. The molecular weight excluding hydrogens is 322 g/mol. The number of fused-ring (bicyclic) bond motifs is 1. The fraction of sp³-hybridized carbons (Fsp3) is 0.500. The van der Waals surface area contributed by atoms with Crippen LogP contribution in [0, 0.1) is 10.7 Å². The summed E-state index contributed by atoms with van der Waals surface area (Å²) in [4.78, 5) is 29.9. The van der Waals surface area contributed by atoms with Gasteiger partial charge >= 0.3 is 0 Å². The molecule has 1 aliphatic rings. The molecule has 1 aromatic heterocycles. The van der Waals surface area contributed by atoms with Crippen LogP contribution in [0.15, 0.2) is 23.0 Å². The molecule has 1 saturated carbocycles. The molecule has 0 radical (unpaired) electrons. The lowest BCUT2D eigenvalue weighted by Gasteiger charge is -2.21. The third-order valence-corrected chi connectivity index (χ3v) is 5.22. The van der Waals surface area contributed by atoms with Crippen LogP contribution in [0.25, 0.3) is 10.9 Å². The van der Waals surface area contributed by atoms with Gasteiger partial charge in [0.2, 0.25) is 0 Å². The van der Waals surface area contributed by atoms with E-state index < -0.39 is 0 Å². The Morgan fingerprint density at radius 1 is 1.38 bits per heavy atom. The predicted octanol–water partition coefficient (Wildman–Crippen LogP) is 3.34. The van der Waals surface area contributed by atoms with Crippen LogP contribution in [-0.4, -0.2) is 34.0 Å². The van der Waals surface area contributed by atoms with Crippen LogP contribution in [0.2, 0.25) is 0 Å². The average Bonchev–Trinajstić information content (AvgIpc) is 3.07. The third kappa shape index (κ3) is 3.15. The van der Waals surface area contributed by atoms with Gasteiger partial charge in [-0.05, 0) is 56.1 Å². The molecule has 24 heavy (non-hydrogen) atoms. The van der Waals surface area contributed by atoms with Crippen LogP contribution in [0.5, 0.6) is 0 Å². The van der Waals surface area contributed by atoms with Gasteiger partial charge in [-0.3, -0.25) is 14.2 Å². The molecule has 0 aliphatic heterocycles. The molecule has 6 heteroatoms. The molecule has 0 atom stereocenters. The number of benzene rings is 1. The Balaban J connectivity index is 1.91. The molecule has 1 aromatic carbocycles. The fourth-order valence-corrected chi connectivity index (χ4v) is 3.88. The van der Waals surface area contributed by atoms with Crippen molar-refractivity contribution < 1.29 is 4.79 Å². The van der Waals surface area contributed by atoms with Gasteiger partial charge in [-0.1, -0.05) is 12.8 Å². The van der Waals surface area contributed by atoms with Crippen molar-refractivity contribution in [3.63, 3.8) is 0 Å². The lowest BCUT2D eigenvalue weighted by Crippen LogP contribution is -2.31. The Morgan fingerprint density at radius 2 is 2.08 bits per heavy atom. The maximum absolute atomic E-state index is 12.7. The van der Waals surface area contributed by atoms with E-state index in [9.17, 15) is 9.59 Å². The van der Waals surface area contributed by atoms with Crippen LogP contribution in [0.1, 0.15) is 43.0 Å². The van der Waals surface area contributed by atoms with Gasteiger partial charge in [0, 0.05) is 25.7 Å². The summed E-state index contributed by atoms with van der Waals surface area (Å²) in [5, 5.41) is 0.556. The van der Waals surface area contributed by atoms with Crippen LogP contribution < -0.4 is 5.56 Å². The van der Waals surface area contributed by atoms with Gasteiger partial charge in [0.25, 0.3) is 11.5 Å². The second-order valence-electron chi connectivity index (χ2n) is 6.58. The summed E-state index contributed by atoms with van der Waals surface area (Å²) >= 11 is 5.23. The lowest BCUT2D eigenvalue weighted by atomic mass is 10.1. The maximum atomic E-state index is 12.7. The van der Waals surface area contributed by atoms with E-state index in [1.807, 2.05) is 14.0 Å². The van der Waals surface area contributed by atoms with Gasteiger partial charge in [-0.15, -0.1) is 0 Å². The quantitative estimate of drug-likeness (QED) is 0.865. The highest BCUT2D eigenvalue weighted by Crippen LogP contribution is 2.25. The van der Waals surface area contributed by atoms with Crippen molar-refractivity contribution in [3.05, 3.63) is 38.9 Å². The lowest BCUT2D eigenvalue weighted by molar-refractivity contribution is 0.0773. The van der Waals surface area contributed by atoms with Gasteiger partial charge in [0.05, 0.1) is 10.9 Å². The first-order valence-electron chi connectivity index (χ1n) is 8.53. The molecule has 3 rings (SSSR count). The van der Waals surface area contributed by atoms with Crippen LogP contribution >= 0.6 is 12.2 Å². The summed E-state index contributed by atoms with van der Waals surface area (Å²) in [6, 6.07) is 5.18. The van der Waals surface area contributed by atoms with E-state index in [2.05, 4.69) is 4.98 Å². The number of carbonyl (C=O) groups excluding carboxylic acids is 1. The zero-order valence-corrected chi connectivity index (χ0v) is 15.0. The van der Waals surface area contributed by atoms with E-state index in [0.717, 1.165) is 6.54 Å². The molecule has 1 N–H and O–H groups in total. The molecule has 1 heterocycles. The van der Waals surface area contributed by atoms with Crippen molar-refractivity contribution >= 4 is 29.0 Å². The van der Waals surface area contributed by atoms with E-state index in [1.165, 1.54) is 30.3 Å². The average molecular weight is 345 g/mol. The van der Waals surface area contributed by atoms with E-state index in [1.54, 1.807) is 23.1 Å². The second kappa shape index (κ2) is 6.89. The van der Waals surface area contributed by atoms with Gasteiger partial charge < -0.3 is 9.88 Å². The van der Waals surface area contributed by atoms with Crippen molar-refractivity contribution in [2.75, 3.05) is 13.6 Å². The number of nitrogens with zero attached hydrogens (tertiary/aromatic N) is 2. The van der Waals surface area contributed by atoms with Gasteiger partial charge in [0.1, 0.15) is 0 Å². The Labute approximate surface area is 146 Å². The molecule has 128 valence electrons. The number of carbonyl (C=O) groups is 1. The monoisotopic (exact) mass is 345 g/mol. The van der Waals surface area contributed by atoms with E-state index in [0.29, 0.717) is 33.7 Å². The van der Waals surface area contributed by atoms with Crippen LogP contribution in [-0.2, 0) is 6.54 Å². The van der Waals surface area contributed by atoms with E-state index in [-0.39, 0.29) is 11.5 Å². The highest BCUT2D eigenvalue weighted by molar-refractivity contribution is 7.71. The second-order valence-corrected chi connectivity index (χ2v) is 6.96. The first kappa shape index (κ1) is 16.9. The smallest absolute Gasteiger partial charge is 0.262 e. The third-order valence-electron chi connectivity index (χ3n) is 4.90. The number of hydrogen-bond acceptors (Lipinski definition) is 3. The first-order valence-corrected chi connectivity index (χ1v) is 8.94. The molecule has 0 spiro atoms. The Kier molecular flexibility index (Phi) is 4.85. The minimum absolute atomic E-state index is 0.0113. The molecule has 0 saturated heterocycles. The zero-order chi connectivity index (χ0) is 17.3. The van der Waals surface area contributed by atoms with Crippen molar-refractivity contribution in [2.45, 2.75) is 39.2 Å². The number of aromatic amines is 1. The highest BCUT2D eigenvalue weighted by atomic mass is 32.1. The summed E-state index contributed by atoms with van der Waals surface area (Å²) in [5.41, 5.74) is 1.09. The minimum atomic E-state index is -0.116. The number of aromatic nitrogens is 2. The van der Waals surface area contributed by atoms with Crippen LogP contribution in [0.3, 0.4) is 0 Å². The number of amides is 1. The number of H-pyrrole nitrogens is 1. The summed E-state index contributed by atoms with van der Waals surface area (Å²) in [5.74, 6) is 0.602. The normalized spacial score (nSPS) is 15.1. The maximum Gasteiger partial charge on any atom is 0.262 e. The molecule has 2 aromatic rings. The Morgan fingerprint density at radius 3 is 2.75 bits per heavy atom. The molecule has 0 bridgehead atoms. The van der Waals surface area contributed by atoms with E-state index in [4.69, 9.17) is 12.2 Å². The highest BCUT2D eigenvalue weighted by Gasteiger charge is 2.20. The van der Waals surface area contributed by atoms with Crippen molar-refractivity contribution in [2.24, 2.45) is 5.92 Å². The van der Waals surface area contributed by atoms with Crippen LogP contribution in [0.4, 0.5) is 0 Å². The molecule has 0 unspecified atom stereocenters. The molecule has 1 aliphatic carbocycles. The van der Waals surface area contributed by atoms with Gasteiger partial charge in [-0.2, -0.15) is 0 Å². The van der Waals surface area contributed by atoms with Crippen molar-refractivity contribution in [3.8, 4) is 0 Å². The molecule has 1 fully saturated rings.